The van der Waals surface area contributed by atoms with Gasteiger partial charge in [-0.2, -0.15) is 0 Å². The molecule has 5 heteroatoms. The first-order chi connectivity index (χ1) is 11.6. The maximum Gasteiger partial charge on any atom is 0.260 e. The summed E-state index contributed by atoms with van der Waals surface area (Å²) in [5, 5.41) is 5.36. The second-order valence-electron chi connectivity index (χ2n) is 5.81. The summed E-state index contributed by atoms with van der Waals surface area (Å²) >= 11 is 1.42. The van der Waals surface area contributed by atoms with Crippen LogP contribution in [0.5, 0.6) is 0 Å². The summed E-state index contributed by atoms with van der Waals surface area (Å²) in [5.74, 6) is 0.960. The third-order valence-corrected chi connectivity index (χ3v) is 4.97. The molecule has 124 valence electrons. The van der Waals surface area contributed by atoms with Crippen LogP contribution < -0.4 is 5.32 Å². The van der Waals surface area contributed by atoms with E-state index in [1.807, 2.05) is 5.38 Å². The molecule has 0 bridgehead atoms. The number of furan rings is 1. The minimum Gasteiger partial charge on any atom is -0.469 e. The number of hydrogen-bond donors (Lipinski definition) is 1. The van der Waals surface area contributed by atoms with Crippen LogP contribution in [0.4, 0.5) is 5.13 Å². The Morgan fingerprint density at radius 1 is 1.29 bits per heavy atom. The molecule has 1 atom stereocenters. The van der Waals surface area contributed by atoms with Crippen molar-refractivity contribution >= 4 is 22.4 Å². The first-order valence-electron chi connectivity index (χ1n) is 7.99. The molecule has 4 nitrogen and oxygen atoms in total. The molecule has 0 radical (unpaired) electrons. The maximum atomic E-state index is 12.2. The zero-order valence-corrected chi connectivity index (χ0v) is 14.8. The summed E-state index contributed by atoms with van der Waals surface area (Å²) in [4.78, 5) is 16.7. The van der Waals surface area contributed by atoms with Gasteiger partial charge in [0.05, 0.1) is 17.5 Å². The van der Waals surface area contributed by atoms with Gasteiger partial charge in [-0.3, -0.25) is 10.1 Å². The molecular formula is C19H20N2O2S. The highest BCUT2D eigenvalue weighted by Gasteiger charge is 2.14. The topological polar surface area (TPSA) is 55.1 Å². The van der Waals surface area contributed by atoms with Crippen molar-refractivity contribution in [2.75, 3.05) is 5.32 Å². The number of aromatic nitrogens is 1. The molecule has 1 unspecified atom stereocenters. The van der Waals surface area contributed by atoms with E-state index >= 15 is 0 Å². The van der Waals surface area contributed by atoms with Gasteiger partial charge in [-0.25, -0.2) is 4.98 Å². The molecule has 1 amide bonds. The smallest absolute Gasteiger partial charge is 0.260 e. The number of rotatable bonds is 5. The molecule has 0 saturated heterocycles. The fraction of sp³-hybridized carbons (Fsp3) is 0.263. The van der Waals surface area contributed by atoms with E-state index in [0.717, 1.165) is 17.7 Å². The van der Waals surface area contributed by atoms with Crippen LogP contribution in [-0.2, 0) is 0 Å². The molecule has 24 heavy (non-hydrogen) atoms. The number of thiazole rings is 1. The molecule has 2 aromatic heterocycles. The number of nitrogens with one attached hydrogen (secondary N) is 1. The van der Waals surface area contributed by atoms with Crippen molar-refractivity contribution in [1.29, 1.82) is 0 Å². The molecule has 0 aliphatic carbocycles. The lowest BCUT2D eigenvalue weighted by Gasteiger charge is -2.08. The van der Waals surface area contributed by atoms with E-state index in [1.54, 1.807) is 13.0 Å². The third-order valence-electron chi connectivity index (χ3n) is 4.22. The van der Waals surface area contributed by atoms with E-state index < -0.39 is 0 Å². The Bertz CT molecular complexity index is 833. The number of amides is 1. The molecule has 0 fully saturated rings. The van der Waals surface area contributed by atoms with E-state index in [2.05, 4.69) is 48.4 Å². The first-order valence-corrected chi connectivity index (χ1v) is 8.87. The van der Waals surface area contributed by atoms with Gasteiger partial charge < -0.3 is 4.42 Å². The monoisotopic (exact) mass is 340 g/mol. The van der Waals surface area contributed by atoms with Crippen molar-refractivity contribution in [2.24, 2.45) is 0 Å². The van der Waals surface area contributed by atoms with E-state index in [0.29, 0.717) is 22.4 Å². The molecule has 1 aromatic carbocycles. The Labute approximate surface area is 145 Å². The molecule has 1 N–H and O–H groups in total. The molecule has 0 aliphatic rings. The summed E-state index contributed by atoms with van der Waals surface area (Å²) in [6.07, 6.45) is 2.63. The maximum absolute atomic E-state index is 12.2. The summed E-state index contributed by atoms with van der Waals surface area (Å²) in [5.41, 5.74) is 3.79. The van der Waals surface area contributed by atoms with Crippen LogP contribution in [0.3, 0.4) is 0 Å². The molecule has 3 aromatic rings. The van der Waals surface area contributed by atoms with Crippen LogP contribution in [0.15, 0.2) is 46.4 Å². The fourth-order valence-electron chi connectivity index (χ4n) is 2.47. The van der Waals surface area contributed by atoms with Crippen molar-refractivity contribution in [1.82, 2.24) is 4.98 Å². The van der Waals surface area contributed by atoms with Crippen molar-refractivity contribution < 1.29 is 9.21 Å². The number of anilines is 1. The lowest BCUT2D eigenvalue weighted by molar-refractivity contribution is 0.102. The van der Waals surface area contributed by atoms with Crippen LogP contribution in [-0.4, -0.2) is 10.9 Å². The molecule has 0 spiro atoms. The van der Waals surface area contributed by atoms with Crippen molar-refractivity contribution in [3.05, 3.63) is 58.9 Å². The Morgan fingerprint density at radius 3 is 2.67 bits per heavy atom. The number of nitrogens with zero attached hydrogens (tertiary/aromatic N) is 1. The Morgan fingerprint density at radius 2 is 2.04 bits per heavy atom. The van der Waals surface area contributed by atoms with E-state index in [-0.39, 0.29) is 5.91 Å². The SMILES string of the molecule is CCC(C)c1ccc(-c2csc(NC(=O)c3ccoc3C)n2)cc1. The molecule has 2 heterocycles. The number of benzene rings is 1. The number of carbonyl (C=O) groups is 1. The minimum absolute atomic E-state index is 0.200. The second kappa shape index (κ2) is 7.01. The predicted octanol–water partition coefficient (Wildman–Crippen LogP) is 5.48. The van der Waals surface area contributed by atoms with Gasteiger partial charge in [0.1, 0.15) is 5.76 Å². The number of carbonyl (C=O) groups excluding carboxylic acids is 1. The van der Waals surface area contributed by atoms with Crippen LogP contribution in [0.25, 0.3) is 11.3 Å². The Hall–Kier alpha value is -2.40. The lowest BCUT2D eigenvalue weighted by Crippen LogP contribution is -2.11. The van der Waals surface area contributed by atoms with Gasteiger partial charge in [-0.1, -0.05) is 38.1 Å². The van der Waals surface area contributed by atoms with Gasteiger partial charge in [0.25, 0.3) is 5.91 Å². The summed E-state index contributed by atoms with van der Waals surface area (Å²) in [6, 6.07) is 10.1. The van der Waals surface area contributed by atoms with Crippen molar-refractivity contribution in [3.63, 3.8) is 0 Å². The van der Waals surface area contributed by atoms with Gasteiger partial charge in [0.15, 0.2) is 5.13 Å². The summed E-state index contributed by atoms with van der Waals surface area (Å²) in [6.45, 7) is 6.18. The van der Waals surface area contributed by atoms with E-state index in [9.17, 15) is 4.79 Å². The zero-order chi connectivity index (χ0) is 17.1. The predicted molar refractivity (Wildman–Crippen MR) is 97.7 cm³/mol. The number of hydrogen-bond acceptors (Lipinski definition) is 4. The van der Waals surface area contributed by atoms with Gasteiger partial charge in [-0.15, -0.1) is 11.3 Å². The van der Waals surface area contributed by atoms with E-state index in [1.165, 1.54) is 23.2 Å². The largest absolute Gasteiger partial charge is 0.469 e. The highest BCUT2D eigenvalue weighted by molar-refractivity contribution is 7.14. The first kappa shape index (κ1) is 16.5. The average Bonchev–Trinajstić information content (AvgIpc) is 3.23. The highest BCUT2D eigenvalue weighted by atomic mass is 32.1. The fourth-order valence-corrected chi connectivity index (χ4v) is 3.18. The number of aryl methyl sites for hydroxylation is 1. The normalized spacial score (nSPS) is 12.1. The second-order valence-corrected chi connectivity index (χ2v) is 6.67. The third kappa shape index (κ3) is 3.41. The molecular weight excluding hydrogens is 320 g/mol. The molecule has 0 aliphatic heterocycles. The highest BCUT2D eigenvalue weighted by Crippen LogP contribution is 2.27. The van der Waals surface area contributed by atoms with Gasteiger partial charge in [0, 0.05) is 10.9 Å². The van der Waals surface area contributed by atoms with Gasteiger partial charge in [0.2, 0.25) is 0 Å². The minimum atomic E-state index is -0.200. The van der Waals surface area contributed by atoms with E-state index in [4.69, 9.17) is 4.42 Å². The Kier molecular flexibility index (Phi) is 4.81. The van der Waals surface area contributed by atoms with Crippen LogP contribution in [0, 0.1) is 6.92 Å². The lowest BCUT2D eigenvalue weighted by atomic mass is 9.97. The standard InChI is InChI=1S/C19H20N2O2S/c1-4-12(2)14-5-7-15(8-6-14)17-11-24-19(20-17)21-18(22)16-9-10-23-13(16)3/h5-12H,4H2,1-3H3,(H,20,21,22). The van der Waals surface area contributed by atoms with Crippen molar-refractivity contribution in [2.45, 2.75) is 33.1 Å². The van der Waals surface area contributed by atoms with Crippen molar-refractivity contribution in [3.8, 4) is 11.3 Å². The van der Waals surface area contributed by atoms with Crippen LogP contribution >= 0.6 is 11.3 Å². The Balaban J connectivity index is 1.73. The quantitative estimate of drug-likeness (QED) is 0.669. The van der Waals surface area contributed by atoms with Gasteiger partial charge >= 0.3 is 0 Å². The van der Waals surface area contributed by atoms with Crippen LogP contribution in [0.1, 0.15) is 47.9 Å². The van der Waals surface area contributed by atoms with Gasteiger partial charge in [-0.05, 0) is 30.9 Å². The molecule has 0 saturated carbocycles. The summed E-state index contributed by atoms with van der Waals surface area (Å²) < 4.78 is 5.16. The zero-order valence-electron chi connectivity index (χ0n) is 14.0. The summed E-state index contributed by atoms with van der Waals surface area (Å²) in [7, 11) is 0. The van der Waals surface area contributed by atoms with Crippen LogP contribution in [0.2, 0.25) is 0 Å². The average molecular weight is 340 g/mol. The molecule has 3 rings (SSSR count).